The molecular formula is C17H12BrF3O2. The van der Waals surface area contributed by atoms with E-state index in [4.69, 9.17) is 4.74 Å². The zero-order chi connectivity index (χ0) is 17.0. The molecule has 23 heavy (non-hydrogen) atoms. The summed E-state index contributed by atoms with van der Waals surface area (Å²) in [5.74, 6) is -1.39. The van der Waals surface area contributed by atoms with Gasteiger partial charge in [0.1, 0.15) is 5.76 Å². The number of hydrogen-bond acceptors (Lipinski definition) is 2. The summed E-state index contributed by atoms with van der Waals surface area (Å²) in [5.41, 5.74) is 1.23. The minimum absolute atomic E-state index is 0.0194. The largest absolute Gasteiger partial charge is 0.422 e. The molecule has 0 N–H and O–H groups in total. The maximum atomic E-state index is 12.7. The number of carbonyl (C=O) groups excluding carboxylic acids is 1. The molecule has 0 aliphatic rings. The maximum Gasteiger partial charge on any atom is 0.413 e. The summed E-state index contributed by atoms with van der Waals surface area (Å²) in [7, 11) is 0. The van der Waals surface area contributed by atoms with Gasteiger partial charge in [-0.25, -0.2) is 4.79 Å². The molecule has 0 saturated carbocycles. The minimum Gasteiger partial charge on any atom is -0.422 e. The molecule has 0 bridgehead atoms. The van der Waals surface area contributed by atoms with Crippen molar-refractivity contribution in [3.63, 3.8) is 0 Å². The first kappa shape index (κ1) is 17.3. The van der Waals surface area contributed by atoms with E-state index in [-0.39, 0.29) is 17.2 Å². The third-order valence-electron chi connectivity index (χ3n) is 2.91. The van der Waals surface area contributed by atoms with Gasteiger partial charge in [-0.1, -0.05) is 45.8 Å². The number of halogens is 4. The molecule has 0 aliphatic carbocycles. The Hall–Kier alpha value is -2.08. The monoisotopic (exact) mass is 384 g/mol. The number of hydrogen-bond donors (Lipinski definition) is 0. The zero-order valence-electron chi connectivity index (χ0n) is 12.0. The number of rotatable bonds is 3. The van der Waals surface area contributed by atoms with Crippen LogP contribution in [0.3, 0.4) is 0 Å². The molecule has 0 amide bonds. The van der Waals surface area contributed by atoms with Gasteiger partial charge < -0.3 is 4.74 Å². The van der Waals surface area contributed by atoms with Crippen molar-refractivity contribution in [1.29, 1.82) is 0 Å². The molecule has 0 aromatic heterocycles. The van der Waals surface area contributed by atoms with Crippen molar-refractivity contribution >= 4 is 27.7 Å². The van der Waals surface area contributed by atoms with Gasteiger partial charge in [0.25, 0.3) is 0 Å². The average molecular weight is 385 g/mol. The fourth-order valence-electron chi connectivity index (χ4n) is 1.78. The predicted molar refractivity (Wildman–Crippen MR) is 84.8 cm³/mol. The second-order valence-electron chi connectivity index (χ2n) is 4.81. The van der Waals surface area contributed by atoms with E-state index < -0.39 is 17.9 Å². The van der Waals surface area contributed by atoms with Crippen molar-refractivity contribution in [2.45, 2.75) is 13.1 Å². The van der Waals surface area contributed by atoms with E-state index in [1.54, 1.807) is 24.3 Å². The van der Waals surface area contributed by atoms with Gasteiger partial charge in [0.15, 0.2) is 0 Å². The first-order valence-electron chi connectivity index (χ1n) is 6.59. The van der Waals surface area contributed by atoms with Crippen molar-refractivity contribution in [2.75, 3.05) is 0 Å². The fourth-order valence-corrected chi connectivity index (χ4v) is 2.05. The van der Waals surface area contributed by atoms with E-state index >= 15 is 0 Å². The van der Waals surface area contributed by atoms with Gasteiger partial charge >= 0.3 is 12.1 Å². The van der Waals surface area contributed by atoms with Gasteiger partial charge in [-0.3, -0.25) is 0 Å². The Kier molecular flexibility index (Phi) is 5.26. The van der Waals surface area contributed by atoms with Crippen LogP contribution in [0.1, 0.15) is 21.5 Å². The number of allylic oxidation sites excluding steroid dienone is 1. The van der Waals surface area contributed by atoms with E-state index in [1.165, 1.54) is 24.3 Å². The van der Waals surface area contributed by atoms with Crippen LogP contribution in [0, 0.1) is 6.92 Å². The molecule has 2 nitrogen and oxygen atoms in total. The van der Waals surface area contributed by atoms with Crippen LogP contribution in [0.4, 0.5) is 13.2 Å². The van der Waals surface area contributed by atoms with Crippen molar-refractivity contribution in [2.24, 2.45) is 0 Å². The minimum atomic E-state index is -4.60. The highest BCUT2D eigenvalue weighted by Gasteiger charge is 2.27. The Morgan fingerprint density at radius 2 is 1.52 bits per heavy atom. The Bertz CT molecular complexity index is 717. The molecule has 0 aliphatic heterocycles. The first-order chi connectivity index (χ1) is 10.7. The molecule has 0 heterocycles. The second kappa shape index (κ2) is 7.00. The highest BCUT2D eigenvalue weighted by atomic mass is 79.9. The quantitative estimate of drug-likeness (QED) is 0.514. The Morgan fingerprint density at radius 3 is 2.04 bits per heavy atom. The number of ether oxygens (including phenoxy) is 1. The van der Waals surface area contributed by atoms with E-state index in [9.17, 15) is 18.0 Å². The van der Waals surface area contributed by atoms with E-state index in [1.807, 2.05) is 6.92 Å². The van der Waals surface area contributed by atoms with Crippen LogP contribution in [0.5, 0.6) is 0 Å². The molecule has 2 aromatic carbocycles. The van der Waals surface area contributed by atoms with Gasteiger partial charge in [-0.2, -0.15) is 13.2 Å². The molecule has 0 atom stereocenters. The van der Waals surface area contributed by atoms with Crippen LogP contribution in [0.25, 0.3) is 5.76 Å². The molecule has 0 spiro atoms. The normalized spacial score (nSPS) is 12.1. The Balaban J connectivity index is 2.31. The average Bonchev–Trinajstić information content (AvgIpc) is 2.46. The van der Waals surface area contributed by atoms with Crippen molar-refractivity contribution in [1.82, 2.24) is 0 Å². The van der Waals surface area contributed by atoms with Crippen LogP contribution in [0.2, 0.25) is 0 Å². The summed E-state index contributed by atoms with van der Waals surface area (Å²) in [6, 6.07) is 12.4. The summed E-state index contributed by atoms with van der Waals surface area (Å²) in [6.07, 6.45) is -4.62. The van der Waals surface area contributed by atoms with Crippen LogP contribution >= 0.6 is 15.9 Å². The van der Waals surface area contributed by atoms with Gasteiger partial charge in [0.2, 0.25) is 0 Å². The molecule has 0 saturated heterocycles. The summed E-state index contributed by atoms with van der Waals surface area (Å²) in [6.45, 7) is 1.81. The van der Waals surface area contributed by atoms with Crippen LogP contribution in [-0.2, 0) is 4.74 Å². The number of alkyl halides is 3. The molecule has 120 valence electrons. The standard InChI is InChI=1S/C17H12BrF3O2/c1-11-2-4-12(5-3-11)15(10-17(19,20)21)23-16(22)13-6-8-14(18)9-7-13/h2-10H,1H3/b15-10+. The maximum absolute atomic E-state index is 12.7. The molecule has 6 heteroatoms. The number of benzene rings is 2. The third-order valence-corrected chi connectivity index (χ3v) is 3.44. The number of carbonyl (C=O) groups is 1. The van der Waals surface area contributed by atoms with Gasteiger partial charge in [0.05, 0.1) is 11.6 Å². The number of esters is 1. The zero-order valence-corrected chi connectivity index (χ0v) is 13.6. The predicted octanol–water partition coefficient (Wildman–Crippen LogP) is 5.52. The molecule has 2 rings (SSSR count). The lowest BCUT2D eigenvalue weighted by atomic mass is 10.1. The van der Waals surface area contributed by atoms with Crippen LogP contribution < -0.4 is 0 Å². The highest BCUT2D eigenvalue weighted by Crippen LogP contribution is 2.26. The summed E-state index contributed by atoms with van der Waals surface area (Å²) in [5, 5.41) is 0. The summed E-state index contributed by atoms with van der Waals surface area (Å²) in [4.78, 5) is 12.0. The van der Waals surface area contributed by atoms with Crippen LogP contribution in [-0.4, -0.2) is 12.1 Å². The smallest absolute Gasteiger partial charge is 0.413 e. The molecule has 0 unspecified atom stereocenters. The molecule has 0 radical (unpaired) electrons. The first-order valence-corrected chi connectivity index (χ1v) is 7.38. The second-order valence-corrected chi connectivity index (χ2v) is 5.73. The lowest BCUT2D eigenvalue weighted by Crippen LogP contribution is -2.09. The topological polar surface area (TPSA) is 26.3 Å². The summed E-state index contributed by atoms with van der Waals surface area (Å²) < 4.78 is 43.8. The van der Waals surface area contributed by atoms with E-state index in [2.05, 4.69) is 15.9 Å². The van der Waals surface area contributed by atoms with Crippen LogP contribution in [0.15, 0.2) is 59.1 Å². The van der Waals surface area contributed by atoms with E-state index in [0.29, 0.717) is 0 Å². The Labute approximate surface area is 139 Å². The van der Waals surface area contributed by atoms with Gasteiger partial charge in [-0.15, -0.1) is 0 Å². The SMILES string of the molecule is Cc1ccc(/C(=C\C(F)(F)F)OC(=O)c2ccc(Br)cc2)cc1. The molecular weight excluding hydrogens is 373 g/mol. The third kappa shape index (κ3) is 5.25. The summed E-state index contributed by atoms with van der Waals surface area (Å²) >= 11 is 3.22. The van der Waals surface area contributed by atoms with Gasteiger partial charge in [-0.05, 0) is 31.2 Å². The lowest BCUT2D eigenvalue weighted by Gasteiger charge is -2.11. The lowest BCUT2D eigenvalue weighted by molar-refractivity contribution is -0.0802. The molecule has 0 fully saturated rings. The highest BCUT2D eigenvalue weighted by molar-refractivity contribution is 9.10. The van der Waals surface area contributed by atoms with Crippen molar-refractivity contribution < 1.29 is 22.7 Å². The van der Waals surface area contributed by atoms with Gasteiger partial charge in [0, 0.05) is 10.0 Å². The van der Waals surface area contributed by atoms with Crippen molar-refractivity contribution in [3.05, 3.63) is 75.8 Å². The fraction of sp³-hybridized carbons (Fsp3) is 0.118. The van der Waals surface area contributed by atoms with Crippen molar-refractivity contribution in [3.8, 4) is 0 Å². The number of aryl methyl sites for hydroxylation is 1. The Morgan fingerprint density at radius 1 is 1.00 bits per heavy atom. The van der Waals surface area contributed by atoms with E-state index in [0.717, 1.165) is 10.0 Å². The molecule has 2 aromatic rings.